The molecule has 1 aliphatic heterocycles. The first-order valence-electron chi connectivity index (χ1n) is 13.1. The summed E-state index contributed by atoms with van der Waals surface area (Å²) in [5.41, 5.74) is 2.16. The van der Waals surface area contributed by atoms with Crippen molar-refractivity contribution in [3.05, 3.63) is 57.8 Å². The number of fused-ring (bicyclic) bond motifs is 2. The predicted molar refractivity (Wildman–Crippen MR) is 142 cm³/mol. The van der Waals surface area contributed by atoms with Crippen molar-refractivity contribution < 1.29 is 14.2 Å². The number of halogens is 1. The number of aromatic amines is 1. The van der Waals surface area contributed by atoms with Crippen LogP contribution in [-0.2, 0) is 6.42 Å². The Hall–Kier alpha value is -3.52. The molecule has 0 atom stereocenters. The zero-order chi connectivity index (χ0) is 25.7. The maximum atomic E-state index is 16.0. The lowest BCUT2D eigenvalue weighted by Crippen LogP contribution is -2.31. The Labute approximate surface area is 214 Å². The first-order chi connectivity index (χ1) is 17.9. The molecule has 2 fully saturated rings. The molecule has 2 aromatic heterocycles. The number of nitrogens with one attached hydrogen (secondary N) is 1. The number of phenolic OH excluding ortho intramolecular Hbond substituents is 1. The molecular weight excluding hydrogens is 471 g/mol. The van der Waals surface area contributed by atoms with Gasteiger partial charge in [-0.3, -0.25) is 14.8 Å². The molecule has 0 bridgehead atoms. The maximum Gasteiger partial charge on any atom is 0.297 e. The summed E-state index contributed by atoms with van der Waals surface area (Å²) in [6.45, 7) is 7.72. The number of benzene rings is 2. The third-order valence-electron chi connectivity index (χ3n) is 7.95. The lowest BCUT2D eigenvalue weighted by atomic mass is 9.92. The summed E-state index contributed by atoms with van der Waals surface area (Å²) in [6.07, 6.45) is 6.71. The highest BCUT2D eigenvalue weighted by Gasteiger charge is 2.45. The maximum absolute atomic E-state index is 16.0. The zero-order valence-electron chi connectivity index (χ0n) is 21.2. The lowest BCUT2D eigenvalue weighted by molar-refractivity contribution is 0.170. The van der Waals surface area contributed by atoms with Crippen molar-refractivity contribution in [1.82, 2.24) is 19.9 Å². The van der Waals surface area contributed by atoms with Crippen LogP contribution in [0.1, 0.15) is 43.7 Å². The molecule has 0 unspecified atom stereocenters. The van der Waals surface area contributed by atoms with E-state index in [-0.39, 0.29) is 33.8 Å². The zero-order valence-corrected chi connectivity index (χ0v) is 21.2. The van der Waals surface area contributed by atoms with E-state index in [1.165, 1.54) is 25.1 Å². The molecule has 0 radical (unpaired) electrons. The van der Waals surface area contributed by atoms with Crippen LogP contribution in [0.4, 0.5) is 4.39 Å². The van der Waals surface area contributed by atoms with Crippen LogP contribution in [-0.4, -0.2) is 51.2 Å². The summed E-state index contributed by atoms with van der Waals surface area (Å²) in [5, 5.41) is 12.1. The van der Waals surface area contributed by atoms with Gasteiger partial charge in [0.25, 0.3) is 11.6 Å². The first kappa shape index (κ1) is 23.9. The van der Waals surface area contributed by atoms with Crippen molar-refractivity contribution >= 4 is 21.7 Å². The van der Waals surface area contributed by atoms with Crippen LogP contribution in [0.3, 0.4) is 0 Å². The molecule has 3 heterocycles. The Kier molecular flexibility index (Phi) is 5.87. The van der Waals surface area contributed by atoms with Gasteiger partial charge in [-0.1, -0.05) is 19.1 Å². The molecule has 192 valence electrons. The van der Waals surface area contributed by atoms with Crippen molar-refractivity contribution in [3.63, 3.8) is 0 Å². The van der Waals surface area contributed by atoms with Gasteiger partial charge in [-0.15, -0.1) is 0 Å². The van der Waals surface area contributed by atoms with Crippen molar-refractivity contribution in [2.24, 2.45) is 5.41 Å². The molecule has 8 heteroatoms. The Morgan fingerprint density at radius 2 is 2.00 bits per heavy atom. The molecule has 2 aromatic carbocycles. The molecule has 7 nitrogen and oxygen atoms in total. The number of aromatic nitrogens is 3. The molecule has 1 aliphatic carbocycles. The van der Waals surface area contributed by atoms with Crippen molar-refractivity contribution in [1.29, 1.82) is 0 Å². The summed E-state index contributed by atoms with van der Waals surface area (Å²) in [5.74, 6) is -0.688. The van der Waals surface area contributed by atoms with E-state index < -0.39 is 11.4 Å². The topological polar surface area (TPSA) is 91.3 Å². The molecule has 4 aromatic rings. The van der Waals surface area contributed by atoms with E-state index in [2.05, 4.69) is 19.9 Å². The van der Waals surface area contributed by atoms with Crippen LogP contribution in [0, 0.1) is 18.2 Å². The molecule has 2 N–H and O–H groups in total. The summed E-state index contributed by atoms with van der Waals surface area (Å²) < 4.78 is 22.0. The minimum atomic E-state index is -0.706. The second-order valence-corrected chi connectivity index (χ2v) is 10.6. The highest BCUT2D eigenvalue weighted by Crippen LogP contribution is 2.47. The van der Waals surface area contributed by atoms with E-state index in [1.807, 2.05) is 26.0 Å². The Balaban J connectivity index is 1.40. The van der Waals surface area contributed by atoms with Gasteiger partial charge in [0.1, 0.15) is 17.0 Å². The van der Waals surface area contributed by atoms with Crippen LogP contribution in [0.2, 0.25) is 0 Å². The van der Waals surface area contributed by atoms with Gasteiger partial charge in [0.15, 0.2) is 5.82 Å². The first-order valence-corrected chi connectivity index (χ1v) is 13.1. The standard InChI is InChI=1S/C29H31FN4O3/c1-3-20-17(2)6-7-18-12-19(35)13-21(23(18)20)25-24(30)26-22(14-31-25)27(36)33-28(32-26)37-16-29(8-9-29)15-34-10-4-5-11-34/h6-7,12-14,35H,3-5,8-11,15-16H2,1-2H3,(H,32,33,36). The number of aryl methyl sites for hydroxylation is 2. The fraction of sp³-hybridized carbons (Fsp3) is 0.414. The number of likely N-dealkylation sites (tertiary alicyclic amines) is 1. The largest absolute Gasteiger partial charge is 0.508 e. The third-order valence-corrected chi connectivity index (χ3v) is 7.95. The number of pyridine rings is 1. The van der Waals surface area contributed by atoms with E-state index in [0.717, 1.165) is 60.8 Å². The smallest absolute Gasteiger partial charge is 0.297 e. The van der Waals surface area contributed by atoms with Gasteiger partial charge >= 0.3 is 0 Å². The number of hydrogen-bond donors (Lipinski definition) is 2. The fourth-order valence-electron chi connectivity index (χ4n) is 5.74. The van der Waals surface area contributed by atoms with Gasteiger partial charge < -0.3 is 14.7 Å². The summed E-state index contributed by atoms with van der Waals surface area (Å²) in [7, 11) is 0. The summed E-state index contributed by atoms with van der Waals surface area (Å²) >= 11 is 0. The number of hydrogen-bond acceptors (Lipinski definition) is 6. The Morgan fingerprint density at radius 1 is 1.22 bits per heavy atom. The van der Waals surface area contributed by atoms with Crippen LogP contribution < -0.4 is 10.3 Å². The van der Waals surface area contributed by atoms with Crippen molar-refractivity contribution in [2.45, 2.75) is 46.0 Å². The molecule has 0 spiro atoms. The molecule has 6 rings (SSSR count). The molecular formula is C29H31FN4O3. The van der Waals surface area contributed by atoms with Gasteiger partial charge in [0, 0.05) is 23.7 Å². The van der Waals surface area contributed by atoms with Gasteiger partial charge in [0.2, 0.25) is 0 Å². The molecule has 1 saturated heterocycles. The summed E-state index contributed by atoms with van der Waals surface area (Å²) in [6, 6.07) is 7.12. The van der Waals surface area contributed by atoms with Crippen LogP contribution in [0.5, 0.6) is 11.8 Å². The summed E-state index contributed by atoms with van der Waals surface area (Å²) in [4.78, 5) is 26.6. The third kappa shape index (κ3) is 4.33. The fourth-order valence-corrected chi connectivity index (χ4v) is 5.74. The van der Waals surface area contributed by atoms with E-state index in [0.29, 0.717) is 12.2 Å². The van der Waals surface area contributed by atoms with Gasteiger partial charge in [0.05, 0.1) is 12.0 Å². The van der Waals surface area contributed by atoms with E-state index >= 15 is 4.39 Å². The van der Waals surface area contributed by atoms with E-state index in [9.17, 15) is 9.90 Å². The highest BCUT2D eigenvalue weighted by atomic mass is 19.1. The monoisotopic (exact) mass is 502 g/mol. The average Bonchev–Trinajstić information content (AvgIpc) is 3.45. The number of H-pyrrole nitrogens is 1. The van der Waals surface area contributed by atoms with E-state index in [1.54, 1.807) is 6.07 Å². The normalized spacial score (nSPS) is 17.1. The molecule has 2 aliphatic rings. The van der Waals surface area contributed by atoms with Gasteiger partial charge in [-0.2, -0.15) is 4.98 Å². The number of rotatable bonds is 7. The Bertz CT molecular complexity index is 1570. The van der Waals surface area contributed by atoms with Gasteiger partial charge in [-0.05, 0) is 86.1 Å². The predicted octanol–water partition coefficient (Wildman–Crippen LogP) is 5.11. The molecule has 0 amide bonds. The second-order valence-electron chi connectivity index (χ2n) is 10.6. The highest BCUT2D eigenvalue weighted by molar-refractivity contribution is 6.01. The number of aromatic hydroxyl groups is 1. The van der Waals surface area contributed by atoms with Crippen LogP contribution in [0.15, 0.2) is 35.3 Å². The van der Waals surface area contributed by atoms with E-state index in [4.69, 9.17) is 4.74 Å². The van der Waals surface area contributed by atoms with Gasteiger partial charge in [-0.25, -0.2) is 4.39 Å². The lowest BCUT2D eigenvalue weighted by Gasteiger charge is -2.22. The number of ether oxygens (including phenoxy) is 1. The SMILES string of the molecule is CCc1c(C)ccc2cc(O)cc(-c3ncc4c(=O)[nH]c(OCC5(CN6CCCC6)CC5)nc4c3F)c12. The molecule has 1 saturated carbocycles. The minimum Gasteiger partial charge on any atom is -0.508 e. The van der Waals surface area contributed by atoms with Crippen molar-refractivity contribution in [2.75, 3.05) is 26.2 Å². The average molecular weight is 503 g/mol. The van der Waals surface area contributed by atoms with Crippen molar-refractivity contribution in [3.8, 4) is 23.0 Å². The molecule has 37 heavy (non-hydrogen) atoms. The second kappa shape index (κ2) is 9.10. The minimum absolute atomic E-state index is 0.0188. The quantitative estimate of drug-likeness (QED) is 0.365. The number of nitrogens with zero attached hydrogens (tertiary/aromatic N) is 3. The van der Waals surface area contributed by atoms with Crippen LogP contribution in [0.25, 0.3) is 32.9 Å². The van der Waals surface area contributed by atoms with Crippen LogP contribution >= 0.6 is 0 Å². The Morgan fingerprint density at radius 3 is 2.73 bits per heavy atom. The number of phenols is 1.